The number of nitrogens with one attached hydrogen (secondary N) is 1. The summed E-state index contributed by atoms with van der Waals surface area (Å²) in [4.78, 5) is 20.6. The summed E-state index contributed by atoms with van der Waals surface area (Å²) >= 11 is 0. The average molecular weight is 497 g/mol. The molecule has 0 spiro atoms. The first kappa shape index (κ1) is 27.3. The van der Waals surface area contributed by atoms with E-state index in [1.54, 1.807) is 0 Å². The molecule has 9 nitrogen and oxygen atoms in total. The Morgan fingerprint density at radius 1 is 1.11 bits per heavy atom. The molecule has 0 saturated carbocycles. The molecule has 0 fully saturated rings. The van der Waals surface area contributed by atoms with Crippen LogP contribution < -0.4 is 10.1 Å². The second-order valence-electron chi connectivity index (χ2n) is 8.95. The first-order chi connectivity index (χ1) is 17.3. The first-order valence-electron chi connectivity index (χ1n) is 12.4. The molecule has 194 valence electrons. The van der Waals surface area contributed by atoms with Gasteiger partial charge in [-0.1, -0.05) is 25.9 Å². The number of carbonyl (C=O) groups excluding carboxylic acids is 1. The predicted molar refractivity (Wildman–Crippen MR) is 137 cm³/mol. The molecule has 3 aromatic rings. The summed E-state index contributed by atoms with van der Waals surface area (Å²) in [5.74, 6) is 1.36. The number of benzene rings is 1. The third-order valence-corrected chi connectivity index (χ3v) is 6.13. The zero-order chi connectivity index (χ0) is 26.2. The van der Waals surface area contributed by atoms with Crippen LogP contribution in [0, 0.1) is 13.8 Å². The fourth-order valence-electron chi connectivity index (χ4n) is 4.14. The van der Waals surface area contributed by atoms with Gasteiger partial charge in [0.25, 0.3) is 5.89 Å². The number of hydrogen-bond acceptors (Lipinski definition) is 8. The van der Waals surface area contributed by atoms with Crippen molar-refractivity contribution in [3.63, 3.8) is 0 Å². The monoisotopic (exact) mass is 496 g/mol. The summed E-state index contributed by atoms with van der Waals surface area (Å²) < 4.78 is 11.5. The summed E-state index contributed by atoms with van der Waals surface area (Å²) in [6, 6.07) is 7.95. The van der Waals surface area contributed by atoms with Crippen molar-refractivity contribution in [1.29, 1.82) is 0 Å². The number of rotatable bonds is 12. The highest BCUT2D eigenvalue weighted by Crippen LogP contribution is 2.32. The van der Waals surface area contributed by atoms with Crippen molar-refractivity contribution in [2.45, 2.75) is 65.9 Å². The largest absolute Gasteiger partial charge is 0.490 e. The molecule has 9 heteroatoms. The molecule has 1 amide bonds. The smallest absolute Gasteiger partial charge is 0.276 e. The zero-order valence-corrected chi connectivity index (χ0v) is 21.7. The molecule has 3 rings (SSSR count). The summed E-state index contributed by atoms with van der Waals surface area (Å²) in [6.07, 6.45) is 1.83. The van der Waals surface area contributed by atoms with Gasteiger partial charge in [0, 0.05) is 23.7 Å². The van der Waals surface area contributed by atoms with E-state index in [0.717, 1.165) is 40.8 Å². The number of nitrogens with zero attached hydrogens (tertiary/aromatic N) is 3. The van der Waals surface area contributed by atoms with Crippen molar-refractivity contribution < 1.29 is 24.3 Å². The standard InChI is InChI=1S/C27H36N4O5/c1-6-18(7-2)22-9-16(4)10-23(29-22)27-30-26(31-36-27)20-11-17(5)25(19(8-3)12-20)35-15-21(33)13-28-24(34)14-32/h9-12,18,21,32-33H,6-8,13-15H2,1-5H3,(H,28,34). The lowest BCUT2D eigenvalue weighted by Crippen LogP contribution is -2.36. The maximum Gasteiger partial charge on any atom is 0.276 e. The maximum atomic E-state index is 11.2. The Morgan fingerprint density at radius 3 is 2.53 bits per heavy atom. The van der Waals surface area contributed by atoms with Gasteiger partial charge in [0.2, 0.25) is 11.7 Å². The van der Waals surface area contributed by atoms with E-state index in [1.165, 1.54) is 0 Å². The fraction of sp³-hybridized carbons (Fsp3) is 0.481. The number of hydrogen-bond donors (Lipinski definition) is 3. The minimum Gasteiger partial charge on any atom is -0.490 e. The first-order valence-corrected chi connectivity index (χ1v) is 12.4. The summed E-state index contributed by atoms with van der Waals surface area (Å²) in [6.45, 7) is 9.69. The van der Waals surface area contributed by atoms with Crippen molar-refractivity contribution in [3.05, 3.63) is 46.6 Å². The number of aromatic nitrogens is 3. The number of aliphatic hydroxyl groups excluding tert-OH is 2. The third kappa shape index (κ3) is 6.67. The minimum absolute atomic E-state index is 0.00310. The molecular weight excluding hydrogens is 460 g/mol. The Hall–Kier alpha value is -3.30. The Bertz CT molecular complexity index is 1170. The Morgan fingerprint density at radius 2 is 1.86 bits per heavy atom. The lowest BCUT2D eigenvalue weighted by Gasteiger charge is -2.17. The molecule has 0 saturated heterocycles. The molecule has 1 aromatic carbocycles. The van der Waals surface area contributed by atoms with Crippen molar-refractivity contribution in [1.82, 2.24) is 20.4 Å². The van der Waals surface area contributed by atoms with Crippen LogP contribution in [0.3, 0.4) is 0 Å². The molecule has 2 aromatic heterocycles. The van der Waals surface area contributed by atoms with Crippen LogP contribution in [0.25, 0.3) is 23.0 Å². The number of amides is 1. The zero-order valence-electron chi connectivity index (χ0n) is 21.7. The normalized spacial score (nSPS) is 12.1. The Kier molecular flexibility index (Phi) is 9.55. The van der Waals surface area contributed by atoms with Crippen LogP contribution in [0.15, 0.2) is 28.8 Å². The van der Waals surface area contributed by atoms with Crippen LogP contribution >= 0.6 is 0 Å². The molecule has 2 heterocycles. The Labute approximate surface area is 211 Å². The quantitative estimate of drug-likeness (QED) is 0.346. The third-order valence-electron chi connectivity index (χ3n) is 6.13. The predicted octanol–water partition coefficient (Wildman–Crippen LogP) is 3.73. The molecule has 1 unspecified atom stereocenters. The van der Waals surface area contributed by atoms with Gasteiger partial charge < -0.3 is 24.8 Å². The van der Waals surface area contributed by atoms with Crippen LogP contribution in [0.5, 0.6) is 5.75 Å². The van der Waals surface area contributed by atoms with E-state index < -0.39 is 18.6 Å². The van der Waals surface area contributed by atoms with Gasteiger partial charge in [-0.2, -0.15) is 4.98 Å². The number of pyridine rings is 1. The number of ether oxygens (including phenoxy) is 1. The van der Waals surface area contributed by atoms with Crippen molar-refractivity contribution >= 4 is 5.91 Å². The molecule has 0 radical (unpaired) electrons. The van der Waals surface area contributed by atoms with Gasteiger partial charge >= 0.3 is 0 Å². The number of carbonyl (C=O) groups is 1. The van der Waals surface area contributed by atoms with Gasteiger partial charge in [-0.3, -0.25) is 4.79 Å². The van der Waals surface area contributed by atoms with E-state index >= 15 is 0 Å². The molecule has 3 N–H and O–H groups in total. The second kappa shape index (κ2) is 12.6. The molecule has 0 bridgehead atoms. The topological polar surface area (TPSA) is 131 Å². The molecular formula is C27H36N4O5. The van der Waals surface area contributed by atoms with Crippen LogP contribution in [0.2, 0.25) is 0 Å². The summed E-state index contributed by atoms with van der Waals surface area (Å²) in [5, 5.41) is 25.5. The minimum atomic E-state index is -0.907. The summed E-state index contributed by atoms with van der Waals surface area (Å²) in [5.41, 5.74) is 5.42. The van der Waals surface area contributed by atoms with Crippen LogP contribution in [-0.2, 0) is 11.2 Å². The van der Waals surface area contributed by atoms with Crippen LogP contribution in [0.4, 0.5) is 0 Å². The van der Waals surface area contributed by atoms with Crippen molar-refractivity contribution in [2.24, 2.45) is 0 Å². The van der Waals surface area contributed by atoms with Crippen molar-refractivity contribution in [2.75, 3.05) is 19.8 Å². The van der Waals surface area contributed by atoms with E-state index in [4.69, 9.17) is 19.4 Å². The lowest BCUT2D eigenvalue weighted by molar-refractivity contribution is -0.124. The average Bonchev–Trinajstić information content (AvgIpc) is 3.37. The van der Waals surface area contributed by atoms with E-state index in [2.05, 4.69) is 35.4 Å². The molecule has 0 aliphatic rings. The highest BCUT2D eigenvalue weighted by molar-refractivity contribution is 5.76. The fourth-order valence-corrected chi connectivity index (χ4v) is 4.14. The maximum absolute atomic E-state index is 11.2. The van der Waals surface area contributed by atoms with E-state index in [1.807, 2.05) is 39.0 Å². The number of aryl methyl sites for hydroxylation is 3. The van der Waals surface area contributed by atoms with Gasteiger partial charge in [-0.25, -0.2) is 4.98 Å². The number of aliphatic hydroxyl groups is 2. The van der Waals surface area contributed by atoms with Gasteiger partial charge in [-0.05, 0) is 74.1 Å². The van der Waals surface area contributed by atoms with E-state index in [-0.39, 0.29) is 13.2 Å². The summed E-state index contributed by atoms with van der Waals surface area (Å²) in [7, 11) is 0. The van der Waals surface area contributed by atoms with Crippen LogP contribution in [0.1, 0.15) is 61.9 Å². The van der Waals surface area contributed by atoms with Gasteiger partial charge in [0.05, 0.1) is 0 Å². The Balaban J connectivity index is 1.81. The van der Waals surface area contributed by atoms with Crippen LogP contribution in [-0.4, -0.2) is 57.1 Å². The highest BCUT2D eigenvalue weighted by Gasteiger charge is 2.18. The van der Waals surface area contributed by atoms with Gasteiger partial charge in [0.15, 0.2) is 0 Å². The highest BCUT2D eigenvalue weighted by atomic mass is 16.5. The lowest BCUT2D eigenvalue weighted by atomic mass is 9.97. The second-order valence-corrected chi connectivity index (χ2v) is 8.95. The molecule has 1 atom stereocenters. The van der Waals surface area contributed by atoms with Crippen molar-refractivity contribution in [3.8, 4) is 28.7 Å². The van der Waals surface area contributed by atoms with E-state index in [9.17, 15) is 9.90 Å². The SMILES string of the molecule is CCc1cc(-c2noc(-c3cc(C)cc(C(CC)CC)n3)n2)cc(C)c1OCC(O)CNC(=O)CO. The molecule has 0 aliphatic carbocycles. The molecule has 36 heavy (non-hydrogen) atoms. The van der Waals surface area contributed by atoms with E-state index in [0.29, 0.717) is 35.5 Å². The van der Waals surface area contributed by atoms with Gasteiger partial charge in [-0.15, -0.1) is 0 Å². The molecule has 0 aliphatic heterocycles. The van der Waals surface area contributed by atoms with Gasteiger partial charge in [0.1, 0.15) is 30.8 Å².